The number of hydrogen-bond donors (Lipinski definition) is 2. The van der Waals surface area contributed by atoms with Crippen LogP contribution in [0.25, 0.3) is 0 Å². The van der Waals surface area contributed by atoms with E-state index in [2.05, 4.69) is 10.2 Å². The lowest BCUT2D eigenvalue weighted by Gasteiger charge is -2.32. The van der Waals surface area contributed by atoms with Crippen LogP contribution in [0, 0.1) is 11.3 Å². The van der Waals surface area contributed by atoms with Gasteiger partial charge in [-0.2, -0.15) is 5.26 Å². The maximum absolute atomic E-state index is 11.9. The van der Waals surface area contributed by atoms with Gasteiger partial charge in [-0.25, -0.2) is 0 Å². The van der Waals surface area contributed by atoms with Crippen LogP contribution in [-0.4, -0.2) is 67.2 Å². The normalized spacial score (nSPS) is 17.7. The molecule has 0 spiro atoms. The van der Waals surface area contributed by atoms with E-state index in [0.717, 1.165) is 13.1 Å². The number of aliphatic hydroxyl groups excluding tert-OH is 1. The highest BCUT2D eigenvalue weighted by Gasteiger charge is 2.21. The van der Waals surface area contributed by atoms with Crippen molar-refractivity contribution in [3.8, 4) is 6.07 Å². The zero-order chi connectivity index (χ0) is 12.7. The summed E-state index contributed by atoms with van der Waals surface area (Å²) in [6.07, 6.45) is 1.37. The Morgan fingerprint density at radius 1 is 1.47 bits per heavy atom. The van der Waals surface area contributed by atoms with Gasteiger partial charge in [0, 0.05) is 38.9 Å². The molecule has 0 aromatic heterocycles. The Morgan fingerprint density at radius 2 is 2.12 bits per heavy atom. The number of piperazine rings is 1. The molecule has 94 valence electrons. The molecule has 1 saturated heterocycles. The van der Waals surface area contributed by atoms with E-state index in [-0.39, 0.29) is 18.1 Å². The second-order valence-electron chi connectivity index (χ2n) is 3.94. The third kappa shape index (κ3) is 4.06. The van der Waals surface area contributed by atoms with Crippen molar-refractivity contribution >= 4 is 5.91 Å². The maximum Gasteiger partial charge on any atom is 0.266 e. The van der Waals surface area contributed by atoms with Crippen molar-refractivity contribution in [2.24, 2.45) is 0 Å². The van der Waals surface area contributed by atoms with Crippen LogP contribution in [0.4, 0.5) is 0 Å². The topological polar surface area (TPSA) is 79.6 Å². The van der Waals surface area contributed by atoms with Gasteiger partial charge < -0.3 is 20.2 Å². The van der Waals surface area contributed by atoms with Crippen LogP contribution in [-0.2, 0) is 4.79 Å². The van der Waals surface area contributed by atoms with Crippen LogP contribution in [0.1, 0.15) is 0 Å². The van der Waals surface area contributed by atoms with Crippen LogP contribution >= 0.6 is 0 Å². The van der Waals surface area contributed by atoms with E-state index in [9.17, 15) is 4.79 Å². The number of aliphatic hydroxyl groups is 1. The Balaban J connectivity index is 2.55. The Morgan fingerprint density at radius 3 is 2.65 bits per heavy atom. The molecule has 1 heterocycles. The molecule has 1 rings (SSSR count). The molecule has 2 N–H and O–H groups in total. The van der Waals surface area contributed by atoms with Crippen molar-refractivity contribution in [3.63, 3.8) is 0 Å². The number of carbonyl (C=O) groups is 1. The van der Waals surface area contributed by atoms with E-state index < -0.39 is 0 Å². The van der Waals surface area contributed by atoms with Gasteiger partial charge in [0.15, 0.2) is 0 Å². The zero-order valence-corrected chi connectivity index (χ0v) is 10.0. The number of carbonyl (C=O) groups excluding carboxylic acids is 1. The molecule has 6 heteroatoms. The lowest BCUT2D eigenvalue weighted by atomic mass is 10.2. The molecule has 1 amide bonds. The Kier molecular flexibility index (Phi) is 5.46. The van der Waals surface area contributed by atoms with Crippen molar-refractivity contribution in [1.82, 2.24) is 15.1 Å². The summed E-state index contributed by atoms with van der Waals surface area (Å²) in [7, 11) is 2.01. The van der Waals surface area contributed by atoms with E-state index in [0.29, 0.717) is 19.6 Å². The molecule has 1 aliphatic heterocycles. The lowest BCUT2D eigenvalue weighted by molar-refractivity contribution is -0.128. The molecular formula is C11H18N4O2. The van der Waals surface area contributed by atoms with Gasteiger partial charge in [0.05, 0.1) is 6.61 Å². The summed E-state index contributed by atoms with van der Waals surface area (Å²) in [4.78, 5) is 15.8. The van der Waals surface area contributed by atoms with Gasteiger partial charge in [-0.15, -0.1) is 0 Å². The molecule has 1 aliphatic rings. The van der Waals surface area contributed by atoms with Crippen LogP contribution in [0.3, 0.4) is 0 Å². The predicted molar refractivity (Wildman–Crippen MR) is 62.9 cm³/mol. The van der Waals surface area contributed by atoms with Crippen LogP contribution in [0.5, 0.6) is 0 Å². The van der Waals surface area contributed by atoms with Crippen molar-refractivity contribution < 1.29 is 9.90 Å². The molecule has 0 aromatic carbocycles. The molecule has 0 atom stereocenters. The van der Waals surface area contributed by atoms with Crippen LogP contribution in [0.15, 0.2) is 11.8 Å². The standard InChI is InChI=1S/C11H18N4O2/c1-14-3-5-15(6-4-14)11(17)10(8-12)9-13-2-7-16/h9,13,16H,2-7H2,1H3/b10-9-. The summed E-state index contributed by atoms with van der Waals surface area (Å²) < 4.78 is 0. The maximum atomic E-state index is 11.9. The summed E-state index contributed by atoms with van der Waals surface area (Å²) in [6.45, 7) is 3.25. The lowest BCUT2D eigenvalue weighted by Crippen LogP contribution is -2.47. The SMILES string of the molecule is CN1CCN(C(=O)/C(C#N)=C\NCCO)CC1. The van der Waals surface area contributed by atoms with Crippen molar-refractivity contribution in [3.05, 3.63) is 11.8 Å². The smallest absolute Gasteiger partial charge is 0.266 e. The van der Waals surface area contributed by atoms with Crippen LogP contribution in [0.2, 0.25) is 0 Å². The van der Waals surface area contributed by atoms with E-state index in [1.54, 1.807) is 4.90 Å². The van der Waals surface area contributed by atoms with Crippen molar-refractivity contribution in [2.75, 3.05) is 46.4 Å². The fourth-order valence-corrected chi connectivity index (χ4v) is 1.56. The third-order valence-corrected chi connectivity index (χ3v) is 2.64. The van der Waals surface area contributed by atoms with Crippen LogP contribution < -0.4 is 5.32 Å². The van der Waals surface area contributed by atoms with E-state index in [1.807, 2.05) is 13.1 Å². The number of amides is 1. The molecule has 0 aliphatic carbocycles. The first-order valence-corrected chi connectivity index (χ1v) is 5.61. The molecule has 6 nitrogen and oxygen atoms in total. The molecule has 0 aromatic rings. The van der Waals surface area contributed by atoms with Crippen molar-refractivity contribution in [2.45, 2.75) is 0 Å². The largest absolute Gasteiger partial charge is 0.395 e. The average Bonchev–Trinajstić information content (AvgIpc) is 2.35. The first kappa shape index (κ1) is 13.5. The molecule has 0 radical (unpaired) electrons. The second-order valence-corrected chi connectivity index (χ2v) is 3.94. The Hall–Kier alpha value is -1.58. The molecule has 1 fully saturated rings. The zero-order valence-electron chi connectivity index (χ0n) is 10.0. The van der Waals surface area contributed by atoms with Gasteiger partial charge in [0.25, 0.3) is 5.91 Å². The number of rotatable bonds is 4. The van der Waals surface area contributed by atoms with Gasteiger partial charge in [-0.05, 0) is 7.05 Å². The molecule has 0 unspecified atom stereocenters. The van der Waals surface area contributed by atoms with E-state index in [1.165, 1.54) is 6.20 Å². The predicted octanol–water partition coefficient (Wildman–Crippen LogP) is -1.25. The fraction of sp³-hybridized carbons (Fsp3) is 0.636. The number of nitriles is 1. The highest BCUT2D eigenvalue weighted by atomic mass is 16.3. The third-order valence-electron chi connectivity index (χ3n) is 2.64. The summed E-state index contributed by atoms with van der Waals surface area (Å²) >= 11 is 0. The minimum Gasteiger partial charge on any atom is -0.395 e. The Labute approximate surface area is 101 Å². The quantitative estimate of drug-likeness (QED) is 0.363. The molecule has 17 heavy (non-hydrogen) atoms. The van der Waals surface area contributed by atoms with Gasteiger partial charge in [0.2, 0.25) is 0 Å². The van der Waals surface area contributed by atoms with Crippen molar-refractivity contribution in [1.29, 1.82) is 5.26 Å². The average molecular weight is 238 g/mol. The van der Waals surface area contributed by atoms with Gasteiger partial charge in [-0.1, -0.05) is 0 Å². The number of nitrogens with one attached hydrogen (secondary N) is 1. The van der Waals surface area contributed by atoms with E-state index in [4.69, 9.17) is 10.4 Å². The summed E-state index contributed by atoms with van der Waals surface area (Å²) in [5, 5.41) is 20.2. The summed E-state index contributed by atoms with van der Waals surface area (Å²) in [6, 6.07) is 1.88. The highest BCUT2D eigenvalue weighted by molar-refractivity contribution is 5.97. The minimum atomic E-state index is -0.244. The summed E-state index contributed by atoms with van der Waals surface area (Å²) in [5.41, 5.74) is 0.0861. The fourth-order valence-electron chi connectivity index (χ4n) is 1.56. The number of nitrogens with zero attached hydrogens (tertiary/aromatic N) is 3. The monoisotopic (exact) mass is 238 g/mol. The van der Waals surface area contributed by atoms with Gasteiger partial charge in [-0.3, -0.25) is 4.79 Å². The minimum absolute atomic E-state index is 0.0299. The van der Waals surface area contributed by atoms with Gasteiger partial charge in [0.1, 0.15) is 11.6 Å². The first-order valence-electron chi connectivity index (χ1n) is 5.61. The number of hydrogen-bond acceptors (Lipinski definition) is 5. The molecule has 0 saturated carbocycles. The Bertz CT molecular complexity index is 327. The molecular weight excluding hydrogens is 220 g/mol. The number of likely N-dealkylation sites (N-methyl/N-ethyl adjacent to an activating group) is 1. The second kappa shape index (κ2) is 6.89. The first-order chi connectivity index (χ1) is 8.19. The molecule has 0 bridgehead atoms. The summed E-state index contributed by atoms with van der Waals surface area (Å²) in [5.74, 6) is -0.244. The van der Waals surface area contributed by atoms with E-state index >= 15 is 0 Å². The van der Waals surface area contributed by atoms with Gasteiger partial charge >= 0.3 is 0 Å². The highest BCUT2D eigenvalue weighted by Crippen LogP contribution is 2.05.